The normalized spacial score (nSPS) is 12.8. The fourth-order valence-electron chi connectivity index (χ4n) is 1.56. The highest BCUT2D eigenvalue weighted by atomic mass is 16.6. The van der Waals surface area contributed by atoms with Crippen molar-refractivity contribution in [1.82, 2.24) is 9.88 Å². The van der Waals surface area contributed by atoms with Crippen molar-refractivity contribution < 1.29 is 19.4 Å². The van der Waals surface area contributed by atoms with E-state index in [4.69, 9.17) is 4.74 Å². The van der Waals surface area contributed by atoms with E-state index in [-0.39, 0.29) is 6.42 Å². The predicted molar refractivity (Wildman–Crippen MR) is 69.9 cm³/mol. The van der Waals surface area contributed by atoms with Gasteiger partial charge in [0.05, 0.1) is 0 Å². The first-order chi connectivity index (χ1) is 8.70. The SMILES string of the molecule is CN(C(=O)OC(C)(C)C)C(Cc1cc[nH]c1)C(=O)O. The van der Waals surface area contributed by atoms with Crippen molar-refractivity contribution in [2.24, 2.45) is 0 Å². The number of hydrogen-bond acceptors (Lipinski definition) is 3. The van der Waals surface area contributed by atoms with Crippen LogP contribution in [0.3, 0.4) is 0 Å². The van der Waals surface area contributed by atoms with Gasteiger partial charge in [0.2, 0.25) is 0 Å². The standard InChI is InChI=1S/C13H20N2O4/c1-13(2,3)19-12(18)15(4)10(11(16)17)7-9-5-6-14-8-9/h5-6,8,10,14H,7H2,1-4H3,(H,16,17). The van der Waals surface area contributed by atoms with Crippen LogP contribution in [-0.4, -0.2) is 45.7 Å². The van der Waals surface area contributed by atoms with E-state index in [0.717, 1.165) is 10.5 Å². The molecule has 2 N–H and O–H groups in total. The van der Waals surface area contributed by atoms with E-state index in [9.17, 15) is 14.7 Å². The minimum atomic E-state index is -1.06. The number of rotatable bonds is 4. The average molecular weight is 268 g/mol. The molecule has 1 unspecified atom stereocenters. The van der Waals surface area contributed by atoms with Gasteiger partial charge in [-0.05, 0) is 32.4 Å². The van der Waals surface area contributed by atoms with E-state index in [2.05, 4.69) is 4.98 Å². The van der Waals surface area contributed by atoms with Crippen LogP contribution < -0.4 is 0 Å². The van der Waals surface area contributed by atoms with Crippen molar-refractivity contribution in [1.29, 1.82) is 0 Å². The number of likely N-dealkylation sites (N-methyl/N-ethyl adjacent to an activating group) is 1. The fraction of sp³-hybridized carbons (Fsp3) is 0.538. The Labute approximate surface area is 112 Å². The Morgan fingerprint density at radius 2 is 2.11 bits per heavy atom. The Kier molecular flexibility index (Phi) is 4.58. The third kappa shape index (κ3) is 4.65. The lowest BCUT2D eigenvalue weighted by Gasteiger charge is -2.28. The van der Waals surface area contributed by atoms with E-state index >= 15 is 0 Å². The van der Waals surface area contributed by atoms with E-state index in [1.54, 1.807) is 39.2 Å². The second-order valence-corrected chi connectivity index (χ2v) is 5.37. The minimum absolute atomic E-state index is 0.231. The summed E-state index contributed by atoms with van der Waals surface area (Å²) in [6.45, 7) is 5.21. The molecule has 1 heterocycles. The van der Waals surface area contributed by atoms with Crippen molar-refractivity contribution >= 4 is 12.1 Å². The van der Waals surface area contributed by atoms with Crippen LogP contribution in [0.25, 0.3) is 0 Å². The zero-order chi connectivity index (χ0) is 14.6. The molecular formula is C13H20N2O4. The molecule has 0 spiro atoms. The van der Waals surface area contributed by atoms with Gasteiger partial charge in [0.15, 0.2) is 0 Å². The smallest absolute Gasteiger partial charge is 0.410 e. The number of hydrogen-bond donors (Lipinski definition) is 2. The molecule has 0 aliphatic heterocycles. The minimum Gasteiger partial charge on any atom is -0.480 e. The van der Waals surface area contributed by atoms with Gasteiger partial charge < -0.3 is 14.8 Å². The number of carbonyl (C=O) groups excluding carboxylic acids is 1. The number of carboxylic acids is 1. The highest BCUT2D eigenvalue weighted by Gasteiger charge is 2.30. The molecule has 0 aromatic carbocycles. The van der Waals surface area contributed by atoms with E-state index < -0.39 is 23.7 Å². The number of aromatic amines is 1. The zero-order valence-corrected chi connectivity index (χ0v) is 11.6. The van der Waals surface area contributed by atoms with Crippen LogP contribution in [0.15, 0.2) is 18.5 Å². The van der Waals surface area contributed by atoms with Crippen molar-refractivity contribution in [2.75, 3.05) is 7.05 Å². The molecule has 0 saturated carbocycles. The molecule has 1 amide bonds. The van der Waals surface area contributed by atoms with Crippen LogP contribution in [0.5, 0.6) is 0 Å². The second kappa shape index (κ2) is 5.77. The number of nitrogens with one attached hydrogen (secondary N) is 1. The van der Waals surface area contributed by atoms with E-state index in [1.165, 1.54) is 7.05 Å². The number of carboxylic acid groups (broad SMARTS) is 1. The molecule has 1 aromatic heterocycles. The van der Waals surface area contributed by atoms with Gasteiger partial charge >= 0.3 is 12.1 Å². The van der Waals surface area contributed by atoms with Crippen molar-refractivity contribution in [3.63, 3.8) is 0 Å². The lowest BCUT2D eigenvalue weighted by molar-refractivity contribution is -0.142. The van der Waals surface area contributed by atoms with Crippen molar-refractivity contribution in [3.05, 3.63) is 24.0 Å². The topological polar surface area (TPSA) is 82.6 Å². The fourth-order valence-corrected chi connectivity index (χ4v) is 1.56. The third-order valence-electron chi connectivity index (χ3n) is 2.53. The Bertz CT molecular complexity index is 434. The number of aromatic nitrogens is 1. The first-order valence-corrected chi connectivity index (χ1v) is 6.01. The maximum atomic E-state index is 11.9. The summed E-state index contributed by atoms with van der Waals surface area (Å²) in [4.78, 5) is 27.1. The molecule has 1 rings (SSSR count). The molecule has 1 atom stereocenters. The molecule has 106 valence electrons. The predicted octanol–water partition coefficient (Wildman–Crippen LogP) is 1.88. The first kappa shape index (κ1) is 15.1. The highest BCUT2D eigenvalue weighted by Crippen LogP contribution is 2.13. The van der Waals surface area contributed by atoms with Gasteiger partial charge in [-0.1, -0.05) is 0 Å². The lowest BCUT2D eigenvalue weighted by Crippen LogP contribution is -2.45. The van der Waals surface area contributed by atoms with E-state index in [1.807, 2.05) is 0 Å². The van der Waals surface area contributed by atoms with Crippen molar-refractivity contribution in [2.45, 2.75) is 38.8 Å². The Balaban J connectivity index is 2.76. The molecule has 6 nitrogen and oxygen atoms in total. The largest absolute Gasteiger partial charge is 0.480 e. The van der Waals surface area contributed by atoms with Crippen LogP contribution in [-0.2, 0) is 16.0 Å². The van der Waals surface area contributed by atoms with Crippen LogP contribution >= 0.6 is 0 Å². The summed E-state index contributed by atoms with van der Waals surface area (Å²) < 4.78 is 5.17. The quantitative estimate of drug-likeness (QED) is 0.873. The van der Waals surface area contributed by atoms with Crippen LogP contribution in [0.4, 0.5) is 4.79 Å². The molecule has 0 bridgehead atoms. The van der Waals surface area contributed by atoms with Gasteiger partial charge in [-0.25, -0.2) is 9.59 Å². The summed E-state index contributed by atoms with van der Waals surface area (Å²) in [6.07, 6.45) is 3.00. The maximum absolute atomic E-state index is 11.9. The molecule has 0 radical (unpaired) electrons. The highest BCUT2D eigenvalue weighted by molar-refractivity contribution is 5.80. The average Bonchev–Trinajstić information content (AvgIpc) is 2.74. The van der Waals surface area contributed by atoms with Gasteiger partial charge in [-0.3, -0.25) is 4.90 Å². The van der Waals surface area contributed by atoms with Crippen LogP contribution in [0, 0.1) is 0 Å². The van der Waals surface area contributed by atoms with Crippen LogP contribution in [0.2, 0.25) is 0 Å². The maximum Gasteiger partial charge on any atom is 0.410 e. The molecular weight excluding hydrogens is 248 g/mol. The van der Waals surface area contributed by atoms with Crippen LogP contribution in [0.1, 0.15) is 26.3 Å². The molecule has 0 fully saturated rings. The second-order valence-electron chi connectivity index (χ2n) is 5.37. The molecule has 1 aromatic rings. The number of amides is 1. The molecule has 0 aliphatic rings. The third-order valence-corrected chi connectivity index (χ3v) is 2.53. The monoisotopic (exact) mass is 268 g/mol. The molecule has 6 heteroatoms. The number of carbonyl (C=O) groups is 2. The number of ether oxygens (including phenoxy) is 1. The zero-order valence-electron chi connectivity index (χ0n) is 11.6. The summed E-state index contributed by atoms with van der Waals surface area (Å²) in [5.74, 6) is -1.06. The molecule has 19 heavy (non-hydrogen) atoms. The van der Waals surface area contributed by atoms with Gasteiger partial charge in [0.1, 0.15) is 11.6 Å². The number of nitrogens with zero attached hydrogens (tertiary/aromatic N) is 1. The summed E-state index contributed by atoms with van der Waals surface area (Å²) in [6, 6.07) is 0.824. The van der Waals surface area contributed by atoms with E-state index in [0.29, 0.717) is 0 Å². The number of aliphatic carboxylic acids is 1. The molecule has 0 aliphatic carbocycles. The van der Waals surface area contributed by atoms with Crippen molar-refractivity contribution in [3.8, 4) is 0 Å². The van der Waals surface area contributed by atoms with Gasteiger partial charge in [-0.2, -0.15) is 0 Å². The summed E-state index contributed by atoms with van der Waals surface area (Å²) in [5.41, 5.74) is 0.172. The van der Waals surface area contributed by atoms with Gasteiger partial charge in [0, 0.05) is 25.9 Å². The lowest BCUT2D eigenvalue weighted by atomic mass is 10.1. The summed E-state index contributed by atoms with van der Waals surface area (Å²) >= 11 is 0. The summed E-state index contributed by atoms with van der Waals surface area (Å²) in [5, 5.41) is 9.23. The Morgan fingerprint density at radius 1 is 1.47 bits per heavy atom. The number of H-pyrrole nitrogens is 1. The van der Waals surface area contributed by atoms with Gasteiger partial charge in [-0.15, -0.1) is 0 Å². The van der Waals surface area contributed by atoms with Gasteiger partial charge in [0.25, 0.3) is 0 Å². The molecule has 0 saturated heterocycles. The Morgan fingerprint density at radius 3 is 2.53 bits per heavy atom. The summed E-state index contributed by atoms with van der Waals surface area (Å²) in [7, 11) is 1.43. The first-order valence-electron chi connectivity index (χ1n) is 6.01. The Hall–Kier alpha value is -1.98.